The Hall–Kier alpha value is -1.49. The molecular formula is C14H17BrN4. The monoisotopic (exact) mass is 320 g/mol. The molecule has 0 aromatic carbocycles. The second-order valence-corrected chi connectivity index (χ2v) is 5.31. The molecule has 0 bridgehead atoms. The van der Waals surface area contributed by atoms with Crippen LogP contribution < -0.4 is 5.32 Å². The molecule has 2 aromatic rings. The number of nitrogens with one attached hydrogen (secondary N) is 1. The van der Waals surface area contributed by atoms with Crippen LogP contribution in [0.4, 0.5) is 5.82 Å². The Morgan fingerprint density at radius 2 is 1.84 bits per heavy atom. The number of nitrogens with zero attached hydrogens (tertiary/aromatic N) is 3. The Morgan fingerprint density at radius 3 is 2.47 bits per heavy atom. The standard InChI is InChI=1S/C14H17BrN4/c1-4-5-16-14-12(15)8-17-13(19-14)11-6-9(2)18-10(3)7-11/h6-8H,4-5H2,1-3H3,(H,16,17,19). The van der Waals surface area contributed by atoms with Crippen molar-refractivity contribution in [3.63, 3.8) is 0 Å². The van der Waals surface area contributed by atoms with Crippen LogP contribution in [0.25, 0.3) is 11.4 Å². The van der Waals surface area contributed by atoms with E-state index in [4.69, 9.17) is 0 Å². The number of aryl methyl sites for hydroxylation is 2. The maximum Gasteiger partial charge on any atom is 0.161 e. The fourth-order valence-electron chi connectivity index (χ4n) is 1.84. The van der Waals surface area contributed by atoms with Crippen LogP contribution in [0.5, 0.6) is 0 Å². The molecule has 0 atom stereocenters. The van der Waals surface area contributed by atoms with Crippen LogP contribution in [-0.4, -0.2) is 21.5 Å². The van der Waals surface area contributed by atoms with Gasteiger partial charge in [-0.15, -0.1) is 0 Å². The lowest BCUT2D eigenvalue weighted by Gasteiger charge is -2.09. The van der Waals surface area contributed by atoms with Gasteiger partial charge in [-0.25, -0.2) is 9.97 Å². The van der Waals surface area contributed by atoms with Crippen molar-refractivity contribution in [1.82, 2.24) is 15.0 Å². The van der Waals surface area contributed by atoms with Gasteiger partial charge in [0.25, 0.3) is 0 Å². The molecule has 0 amide bonds. The normalized spacial score (nSPS) is 10.5. The van der Waals surface area contributed by atoms with E-state index in [1.54, 1.807) is 6.20 Å². The Labute approximate surface area is 121 Å². The van der Waals surface area contributed by atoms with Gasteiger partial charge in [-0.3, -0.25) is 4.98 Å². The maximum atomic E-state index is 4.57. The van der Waals surface area contributed by atoms with Gasteiger partial charge in [0.15, 0.2) is 5.82 Å². The molecule has 5 heteroatoms. The van der Waals surface area contributed by atoms with Crippen molar-refractivity contribution in [3.05, 3.63) is 34.2 Å². The minimum atomic E-state index is 0.718. The fraction of sp³-hybridized carbons (Fsp3) is 0.357. The Bertz CT molecular complexity index is 563. The summed E-state index contributed by atoms with van der Waals surface area (Å²) >= 11 is 3.46. The smallest absolute Gasteiger partial charge is 0.161 e. The molecule has 0 unspecified atom stereocenters. The van der Waals surface area contributed by atoms with E-state index in [-0.39, 0.29) is 0 Å². The van der Waals surface area contributed by atoms with Crippen molar-refractivity contribution in [2.75, 3.05) is 11.9 Å². The summed E-state index contributed by atoms with van der Waals surface area (Å²) in [5, 5.41) is 3.29. The summed E-state index contributed by atoms with van der Waals surface area (Å²) in [6.45, 7) is 6.97. The van der Waals surface area contributed by atoms with E-state index in [0.717, 1.165) is 46.0 Å². The third kappa shape index (κ3) is 3.50. The zero-order valence-corrected chi connectivity index (χ0v) is 13.0. The van der Waals surface area contributed by atoms with Crippen LogP contribution in [0.3, 0.4) is 0 Å². The first-order valence-corrected chi connectivity index (χ1v) is 7.11. The van der Waals surface area contributed by atoms with Crippen LogP contribution in [0.15, 0.2) is 22.8 Å². The molecule has 2 rings (SSSR count). The van der Waals surface area contributed by atoms with E-state index in [1.807, 2.05) is 26.0 Å². The van der Waals surface area contributed by atoms with Crippen molar-refractivity contribution >= 4 is 21.7 Å². The molecule has 0 aliphatic carbocycles. The van der Waals surface area contributed by atoms with Crippen LogP contribution >= 0.6 is 15.9 Å². The van der Waals surface area contributed by atoms with Crippen molar-refractivity contribution in [3.8, 4) is 11.4 Å². The summed E-state index contributed by atoms with van der Waals surface area (Å²) in [4.78, 5) is 13.3. The molecule has 100 valence electrons. The van der Waals surface area contributed by atoms with Crippen LogP contribution in [0.2, 0.25) is 0 Å². The highest BCUT2D eigenvalue weighted by molar-refractivity contribution is 9.10. The lowest BCUT2D eigenvalue weighted by atomic mass is 10.2. The van der Waals surface area contributed by atoms with Gasteiger partial charge < -0.3 is 5.32 Å². The van der Waals surface area contributed by atoms with E-state index in [0.29, 0.717) is 0 Å². The third-order valence-electron chi connectivity index (χ3n) is 2.63. The summed E-state index contributed by atoms with van der Waals surface area (Å²) in [6, 6.07) is 4.00. The Morgan fingerprint density at radius 1 is 1.16 bits per heavy atom. The van der Waals surface area contributed by atoms with Crippen molar-refractivity contribution in [2.24, 2.45) is 0 Å². The number of hydrogen-bond acceptors (Lipinski definition) is 4. The molecule has 0 spiro atoms. The molecule has 2 aromatic heterocycles. The molecule has 0 aliphatic heterocycles. The van der Waals surface area contributed by atoms with E-state index in [2.05, 4.69) is 43.1 Å². The van der Waals surface area contributed by atoms with Gasteiger partial charge in [0, 0.05) is 29.7 Å². The van der Waals surface area contributed by atoms with E-state index >= 15 is 0 Å². The van der Waals surface area contributed by atoms with Gasteiger partial charge in [0.05, 0.1) is 4.47 Å². The molecule has 4 nitrogen and oxygen atoms in total. The van der Waals surface area contributed by atoms with Gasteiger partial charge in [0.1, 0.15) is 5.82 Å². The van der Waals surface area contributed by atoms with Crippen LogP contribution in [0, 0.1) is 13.8 Å². The fourth-order valence-corrected chi connectivity index (χ4v) is 2.17. The second kappa shape index (κ2) is 6.10. The highest BCUT2D eigenvalue weighted by atomic mass is 79.9. The second-order valence-electron chi connectivity index (χ2n) is 4.46. The van der Waals surface area contributed by atoms with Crippen LogP contribution in [-0.2, 0) is 0 Å². The van der Waals surface area contributed by atoms with Gasteiger partial charge in [-0.2, -0.15) is 0 Å². The first kappa shape index (κ1) is 13.9. The molecule has 0 saturated carbocycles. The summed E-state index contributed by atoms with van der Waals surface area (Å²) in [7, 11) is 0. The molecule has 1 N–H and O–H groups in total. The molecular weight excluding hydrogens is 304 g/mol. The number of anilines is 1. The predicted octanol–water partition coefficient (Wildman–Crippen LogP) is 3.74. The van der Waals surface area contributed by atoms with E-state index < -0.39 is 0 Å². The number of aromatic nitrogens is 3. The summed E-state index contributed by atoms with van der Waals surface area (Å²) in [5.41, 5.74) is 2.95. The molecule has 19 heavy (non-hydrogen) atoms. The molecule has 2 heterocycles. The summed E-state index contributed by atoms with van der Waals surface area (Å²) in [6.07, 6.45) is 2.84. The first-order valence-electron chi connectivity index (χ1n) is 6.32. The molecule has 0 saturated heterocycles. The maximum absolute atomic E-state index is 4.57. The highest BCUT2D eigenvalue weighted by Gasteiger charge is 2.08. The lowest BCUT2D eigenvalue weighted by molar-refractivity contribution is 0.963. The summed E-state index contributed by atoms with van der Waals surface area (Å²) in [5.74, 6) is 1.55. The van der Waals surface area contributed by atoms with Gasteiger partial charge in [-0.05, 0) is 48.3 Å². The Balaban J connectivity index is 2.39. The van der Waals surface area contributed by atoms with Gasteiger partial charge >= 0.3 is 0 Å². The minimum absolute atomic E-state index is 0.718. The summed E-state index contributed by atoms with van der Waals surface area (Å²) < 4.78 is 0.882. The predicted molar refractivity (Wildman–Crippen MR) is 81.2 cm³/mol. The van der Waals surface area contributed by atoms with E-state index in [1.165, 1.54) is 0 Å². The minimum Gasteiger partial charge on any atom is -0.369 e. The van der Waals surface area contributed by atoms with Gasteiger partial charge in [-0.1, -0.05) is 6.92 Å². The SMILES string of the molecule is CCCNc1nc(-c2cc(C)nc(C)c2)ncc1Br. The van der Waals surface area contributed by atoms with E-state index in [9.17, 15) is 0 Å². The first-order chi connectivity index (χ1) is 9.10. The highest BCUT2D eigenvalue weighted by Crippen LogP contribution is 2.23. The lowest BCUT2D eigenvalue weighted by Crippen LogP contribution is -2.04. The van der Waals surface area contributed by atoms with Gasteiger partial charge in [0.2, 0.25) is 0 Å². The molecule has 0 radical (unpaired) electrons. The topological polar surface area (TPSA) is 50.7 Å². The van der Waals surface area contributed by atoms with Crippen molar-refractivity contribution in [2.45, 2.75) is 27.2 Å². The quantitative estimate of drug-likeness (QED) is 0.932. The molecule has 0 aliphatic rings. The largest absolute Gasteiger partial charge is 0.369 e. The number of hydrogen-bond donors (Lipinski definition) is 1. The number of halogens is 1. The average molecular weight is 321 g/mol. The van der Waals surface area contributed by atoms with Crippen molar-refractivity contribution in [1.29, 1.82) is 0 Å². The third-order valence-corrected chi connectivity index (χ3v) is 3.21. The zero-order valence-electron chi connectivity index (χ0n) is 11.4. The average Bonchev–Trinajstić information content (AvgIpc) is 2.36. The zero-order chi connectivity index (χ0) is 13.8. The molecule has 0 fully saturated rings. The number of pyridine rings is 1. The Kier molecular flexibility index (Phi) is 4.47. The van der Waals surface area contributed by atoms with Crippen LogP contribution in [0.1, 0.15) is 24.7 Å². The van der Waals surface area contributed by atoms with Crippen molar-refractivity contribution < 1.29 is 0 Å². The number of rotatable bonds is 4.